The summed E-state index contributed by atoms with van der Waals surface area (Å²) in [6.45, 7) is 0.223. The second-order valence-electron chi connectivity index (χ2n) is 7.34. The summed E-state index contributed by atoms with van der Waals surface area (Å²) in [5.41, 5.74) is 3.28. The summed E-state index contributed by atoms with van der Waals surface area (Å²) in [6.07, 6.45) is 0. The van der Waals surface area contributed by atoms with Crippen LogP contribution in [-0.4, -0.2) is 45.4 Å². The summed E-state index contributed by atoms with van der Waals surface area (Å²) in [6, 6.07) is 18.1. The van der Waals surface area contributed by atoms with E-state index in [4.69, 9.17) is 4.42 Å². The molecule has 166 valence electrons. The first-order valence-corrected chi connectivity index (χ1v) is 10.1. The average molecular weight is 434 g/mol. The minimum absolute atomic E-state index is 0.115. The number of carbonyl (C=O) groups excluding carboxylic acids is 3. The fourth-order valence-corrected chi connectivity index (χ4v) is 2.98. The predicted octanol–water partition coefficient (Wildman–Crippen LogP) is 2.42. The Morgan fingerprint density at radius 2 is 1.66 bits per heavy atom. The molecular formula is C24H26N4O4. The average Bonchev–Trinajstić information content (AvgIpc) is 3.31. The van der Waals surface area contributed by atoms with E-state index >= 15 is 0 Å². The van der Waals surface area contributed by atoms with Gasteiger partial charge >= 0.3 is 0 Å². The lowest BCUT2D eigenvalue weighted by atomic mass is 10.1. The molecule has 8 heteroatoms. The number of hydrogen-bond acceptors (Lipinski definition) is 5. The molecule has 3 amide bonds. The summed E-state index contributed by atoms with van der Waals surface area (Å²) in [5.74, 6) is -0.294. The third-order valence-electron chi connectivity index (χ3n) is 4.83. The fourth-order valence-electron chi connectivity index (χ4n) is 2.98. The van der Waals surface area contributed by atoms with E-state index in [1.807, 2.05) is 55.4 Å². The highest BCUT2D eigenvalue weighted by molar-refractivity contribution is 5.95. The topological polar surface area (TPSA) is 104 Å². The van der Waals surface area contributed by atoms with Crippen LogP contribution < -0.4 is 20.9 Å². The van der Waals surface area contributed by atoms with Crippen molar-refractivity contribution in [2.75, 3.05) is 32.6 Å². The number of hydrogen-bond donors (Lipinski definition) is 3. The Morgan fingerprint density at radius 1 is 0.906 bits per heavy atom. The number of furan rings is 1. The van der Waals surface area contributed by atoms with Crippen LogP contribution in [0.4, 0.5) is 5.69 Å². The van der Waals surface area contributed by atoms with E-state index in [1.54, 1.807) is 24.3 Å². The summed E-state index contributed by atoms with van der Waals surface area (Å²) < 4.78 is 5.64. The van der Waals surface area contributed by atoms with Crippen molar-refractivity contribution in [3.8, 4) is 11.3 Å². The number of carbonyl (C=O) groups is 3. The minimum Gasteiger partial charge on any atom is -0.451 e. The highest BCUT2D eigenvalue weighted by atomic mass is 16.3. The largest absolute Gasteiger partial charge is 0.451 e. The van der Waals surface area contributed by atoms with Gasteiger partial charge in [-0.3, -0.25) is 14.4 Å². The summed E-state index contributed by atoms with van der Waals surface area (Å²) in [7, 11) is 5.39. The fraction of sp³-hybridized carbons (Fsp3) is 0.208. The number of nitrogens with zero attached hydrogens (tertiary/aromatic N) is 1. The molecule has 1 heterocycles. The third-order valence-corrected chi connectivity index (χ3v) is 4.83. The van der Waals surface area contributed by atoms with Crippen LogP contribution in [-0.2, 0) is 11.3 Å². The lowest BCUT2D eigenvalue weighted by molar-refractivity contribution is -0.119. The highest BCUT2D eigenvalue weighted by Gasteiger charge is 2.13. The zero-order valence-electron chi connectivity index (χ0n) is 18.3. The lowest BCUT2D eigenvalue weighted by Gasteiger charge is -2.12. The van der Waals surface area contributed by atoms with Gasteiger partial charge in [-0.15, -0.1) is 0 Å². The van der Waals surface area contributed by atoms with Gasteiger partial charge in [-0.05, 0) is 48.0 Å². The Morgan fingerprint density at radius 3 is 2.34 bits per heavy atom. The molecule has 0 aliphatic carbocycles. The number of nitrogens with one attached hydrogen (secondary N) is 3. The normalized spacial score (nSPS) is 10.3. The summed E-state index contributed by atoms with van der Waals surface area (Å²) in [5, 5.41) is 7.83. The molecule has 32 heavy (non-hydrogen) atoms. The maximum absolute atomic E-state index is 12.4. The summed E-state index contributed by atoms with van der Waals surface area (Å²) in [4.78, 5) is 37.8. The number of anilines is 1. The molecule has 0 aliphatic rings. The molecule has 0 saturated carbocycles. The van der Waals surface area contributed by atoms with E-state index in [2.05, 4.69) is 16.0 Å². The smallest absolute Gasteiger partial charge is 0.287 e. The van der Waals surface area contributed by atoms with Crippen LogP contribution in [0.1, 0.15) is 26.5 Å². The van der Waals surface area contributed by atoms with Gasteiger partial charge in [0, 0.05) is 44.5 Å². The van der Waals surface area contributed by atoms with Gasteiger partial charge in [0.1, 0.15) is 5.76 Å². The van der Waals surface area contributed by atoms with Crippen molar-refractivity contribution in [3.05, 3.63) is 77.6 Å². The molecule has 0 aliphatic heterocycles. The van der Waals surface area contributed by atoms with Gasteiger partial charge < -0.3 is 25.3 Å². The van der Waals surface area contributed by atoms with Gasteiger partial charge in [-0.1, -0.05) is 18.2 Å². The van der Waals surface area contributed by atoms with Crippen molar-refractivity contribution >= 4 is 23.4 Å². The first-order valence-electron chi connectivity index (χ1n) is 10.1. The minimum atomic E-state index is -0.469. The molecule has 2 aromatic carbocycles. The number of likely N-dealkylation sites (N-methyl/N-ethyl adjacent to an activating group) is 1. The van der Waals surface area contributed by atoms with E-state index in [1.165, 1.54) is 7.05 Å². The molecule has 0 radical (unpaired) electrons. The SMILES string of the molecule is CNC(=O)CNC(=O)c1ccc(-c2cccc(CNC(=O)c3ccc(N(C)C)cc3)c2)o1. The quantitative estimate of drug-likeness (QED) is 0.505. The molecule has 0 spiro atoms. The standard InChI is InChI=1S/C24H26N4O4/c1-25-22(29)15-27-24(31)21-12-11-20(32-21)18-6-4-5-16(13-18)14-26-23(30)17-7-9-19(10-8-17)28(2)3/h4-13H,14-15H2,1-3H3,(H,25,29)(H,26,30)(H,27,31). The molecule has 0 bridgehead atoms. The highest BCUT2D eigenvalue weighted by Crippen LogP contribution is 2.23. The van der Waals surface area contributed by atoms with Crippen LogP contribution in [0.25, 0.3) is 11.3 Å². The Hall–Kier alpha value is -4.07. The molecule has 1 aromatic heterocycles. The molecule has 8 nitrogen and oxygen atoms in total. The predicted molar refractivity (Wildman–Crippen MR) is 122 cm³/mol. The van der Waals surface area contributed by atoms with Crippen molar-refractivity contribution in [1.82, 2.24) is 16.0 Å². The zero-order chi connectivity index (χ0) is 23.1. The van der Waals surface area contributed by atoms with Crippen molar-refractivity contribution in [3.63, 3.8) is 0 Å². The van der Waals surface area contributed by atoms with Gasteiger partial charge in [0.2, 0.25) is 5.91 Å². The number of benzene rings is 2. The van der Waals surface area contributed by atoms with E-state index in [0.717, 1.165) is 16.8 Å². The Balaban J connectivity index is 1.62. The Bertz CT molecular complexity index is 1100. The van der Waals surface area contributed by atoms with Crippen LogP contribution in [0.5, 0.6) is 0 Å². The molecule has 3 N–H and O–H groups in total. The van der Waals surface area contributed by atoms with Crippen LogP contribution >= 0.6 is 0 Å². The maximum atomic E-state index is 12.4. The van der Waals surface area contributed by atoms with Crippen LogP contribution in [0.3, 0.4) is 0 Å². The molecule has 0 fully saturated rings. The molecule has 0 atom stereocenters. The van der Waals surface area contributed by atoms with Crippen LogP contribution in [0, 0.1) is 0 Å². The van der Waals surface area contributed by atoms with E-state index in [-0.39, 0.29) is 24.1 Å². The molecular weight excluding hydrogens is 408 g/mol. The lowest BCUT2D eigenvalue weighted by Crippen LogP contribution is -2.34. The van der Waals surface area contributed by atoms with Gasteiger partial charge in [-0.2, -0.15) is 0 Å². The second-order valence-corrected chi connectivity index (χ2v) is 7.34. The molecule has 0 saturated heterocycles. The number of rotatable bonds is 8. The van der Waals surface area contributed by atoms with Crippen molar-refractivity contribution < 1.29 is 18.8 Å². The second kappa shape index (κ2) is 10.3. The van der Waals surface area contributed by atoms with Crippen molar-refractivity contribution in [2.24, 2.45) is 0 Å². The Labute approximate surface area is 186 Å². The van der Waals surface area contributed by atoms with Gasteiger partial charge in [0.25, 0.3) is 11.8 Å². The van der Waals surface area contributed by atoms with E-state index in [9.17, 15) is 14.4 Å². The van der Waals surface area contributed by atoms with Gasteiger partial charge in [0.15, 0.2) is 5.76 Å². The van der Waals surface area contributed by atoms with Crippen molar-refractivity contribution in [2.45, 2.75) is 6.54 Å². The zero-order valence-corrected chi connectivity index (χ0v) is 18.3. The maximum Gasteiger partial charge on any atom is 0.287 e. The first kappa shape index (κ1) is 22.6. The molecule has 3 rings (SSSR count). The molecule has 0 unspecified atom stereocenters. The number of amides is 3. The third kappa shape index (κ3) is 5.75. The van der Waals surface area contributed by atoms with Gasteiger partial charge in [0.05, 0.1) is 6.54 Å². The van der Waals surface area contributed by atoms with Crippen molar-refractivity contribution in [1.29, 1.82) is 0 Å². The Kier molecular flexibility index (Phi) is 7.28. The van der Waals surface area contributed by atoms with E-state index in [0.29, 0.717) is 17.9 Å². The first-order chi connectivity index (χ1) is 15.4. The molecule has 3 aromatic rings. The summed E-state index contributed by atoms with van der Waals surface area (Å²) >= 11 is 0. The van der Waals surface area contributed by atoms with Crippen LogP contribution in [0.15, 0.2) is 65.1 Å². The van der Waals surface area contributed by atoms with Crippen LogP contribution in [0.2, 0.25) is 0 Å². The van der Waals surface area contributed by atoms with Gasteiger partial charge in [-0.25, -0.2) is 0 Å². The monoisotopic (exact) mass is 434 g/mol. The van der Waals surface area contributed by atoms with E-state index < -0.39 is 5.91 Å².